The van der Waals surface area contributed by atoms with Crippen molar-refractivity contribution in [3.63, 3.8) is 0 Å². The van der Waals surface area contributed by atoms with Gasteiger partial charge in [-0.25, -0.2) is 0 Å². The zero-order valence-electron chi connectivity index (χ0n) is 10.8. The van der Waals surface area contributed by atoms with Gasteiger partial charge in [-0.3, -0.25) is 9.67 Å². The summed E-state index contributed by atoms with van der Waals surface area (Å²) in [6, 6.07) is 0. The van der Waals surface area contributed by atoms with E-state index in [0.717, 1.165) is 11.5 Å². The van der Waals surface area contributed by atoms with Crippen molar-refractivity contribution in [3.05, 3.63) is 17.5 Å². The van der Waals surface area contributed by atoms with Crippen LogP contribution in [0.3, 0.4) is 0 Å². The molecule has 0 amide bonds. The molecule has 2 rings (SSSR count). The molecule has 1 fully saturated rings. The lowest BCUT2D eigenvalue weighted by molar-refractivity contribution is 0.436. The molecule has 4 nitrogen and oxygen atoms in total. The van der Waals surface area contributed by atoms with Gasteiger partial charge in [-0.05, 0) is 19.8 Å². The van der Waals surface area contributed by atoms with Gasteiger partial charge in [-0.2, -0.15) is 5.10 Å². The maximum Gasteiger partial charge on any atom is 0.0972 e. The van der Waals surface area contributed by atoms with Crippen LogP contribution in [-0.4, -0.2) is 15.6 Å². The molecule has 0 aromatic carbocycles. The van der Waals surface area contributed by atoms with E-state index in [4.69, 9.17) is 5.73 Å². The third kappa shape index (κ3) is 3.08. The van der Waals surface area contributed by atoms with E-state index in [2.05, 4.69) is 10.1 Å². The van der Waals surface area contributed by atoms with Crippen LogP contribution in [0, 0.1) is 12.8 Å². The number of hydrogen-bond acceptors (Lipinski definition) is 2. The van der Waals surface area contributed by atoms with Gasteiger partial charge < -0.3 is 5.73 Å². The molecule has 1 saturated carbocycles. The van der Waals surface area contributed by atoms with Gasteiger partial charge in [0.25, 0.3) is 0 Å². The molecular formula is C13H22N4. The van der Waals surface area contributed by atoms with Crippen molar-refractivity contribution in [2.24, 2.45) is 23.7 Å². The molecule has 4 heteroatoms. The first-order chi connectivity index (χ1) is 8.16. The Morgan fingerprint density at radius 1 is 1.47 bits per heavy atom. The molecule has 0 atom stereocenters. The summed E-state index contributed by atoms with van der Waals surface area (Å²) in [4.78, 5) is 4.53. The fourth-order valence-electron chi connectivity index (χ4n) is 2.51. The van der Waals surface area contributed by atoms with Crippen LogP contribution in [0.5, 0.6) is 0 Å². The number of nitrogens with two attached hydrogens (primary N) is 1. The highest BCUT2D eigenvalue weighted by Gasteiger charge is 2.16. The zero-order valence-corrected chi connectivity index (χ0v) is 10.8. The molecule has 0 spiro atoms. The van der Waals surface area contributed by atoms with Crippen LogP contribution in [0.25, 0.3) is 0 Å². The Morgan fingerprint density at radius 3 is 2.76 bits per heavy atom. The van der Waals surface area contributed by atoms with Gasteiger partial charge in [-0.1, -0.05) is 19.3 Å². The van der Waals surface area contributed by atoms with Gasteiger partial charge in [0, 0.05) is 24.7 Å². The predicted molar refractivity (Wildman–Crippen MR) is 69.8 cm³/mol. The number of aromatic nitrogens is 2. The fourth-order valence-corrected chi connectivity index (χ4v) is 2.51. The largest absolute Gasteiger partial charge is 0.387 e. The second-order valence-electron chi connectivity index (χ2n) is 4.99. The van der Waals surface area contributed by atoms with Crippen LogP contribution in [0.1, 0.15) is 43.4 Å². The highest BCUT2D eigenvalue weighted by atomic mass is 15.2. The summed E-state index contributed by atoms with van der Waals surface area (Å²) < 4.78 is 1.83. The first-order valence-corrected chi connectivity index (χ1v) is 6.45. The van der Waals surface area contributed by atoms with Crippen LogP contribution in [-0.2, 0) is 13.6 Å². The van der Waals surface area contributed by atoms with E-state index in [-0.39, 0.29) is 0 Å². The Morgan fingerprint density at radius 2 is 2.18 bits per heavy atom. The van der Waals surface area contributed by atoms with Crippen LogP contribution in [0.15, 0.2) is 11.2 Å². The Bertz CT molecular complexity index is 400. The van der Waals surface area contributed by atoms with E-state index >= 15 is 0 Å². The normalized spacial score (nSPS) is 18.6. The van der Waals surface area contributed by atoms with E-state index in [9.17, 15) is 0 Å². The third-order valence-electron chi connectivity index (χ3n) is 3.57. The van der Waals surface area contributed by atoms with Crippen molar-refractivity contribution < 1.29 is 0 Å². The van der Waals surface area contributed by atoms with Gasteiger partial charge in [-0.15, -0.1) is 0 Å². The Labute approximate surface area is 103 Å². The van der Waals surface area contributed by atoms with E-state index in [1.807, 2.05) is 24.9 Å². The molecule has 0 aliphatic heterocycles. The van der Waals surface area contributed by atoms with Gasteiger partial charge in [0.05, 0.1) is 18.1 Å². The van der Waals surface area contributed by atoms with Crippen LogP contribution < -0.4 is 5.73 Å². The van der Waals surface area contributed by atoms with Crippen LogP contribution >= 0.6 is 0 Å². The molecule has 1 aromatic heterocycles. The minimum atomic E-state index is 0.515. The lowest BCUT2D eigenvalue weighted by Gasteiger charge is -2.20. The number of rotatable bonds is 3. The van der Waals surface area contributed by atoms with Crippen molar-refractivity contribution in [3.8, 4) is 0 Å². The highest BCUT2D eigenvalue weighted by molar-refractivity contribution is 5.82. The van der Waals surface area contributed by atoms with Gasteiger partial charge in [0.15, 0.2) is 0 Å². The van der Waals surface area contributed by atoms with Crippen LogP contribution in [0.4, 0.5) is 0 Å². The molecule has 0 saturated heterocycles. The molecule has 1 aliphatic rings. The fraction of sp³-hybridized carbons (Fsp3) is 0.692. The quantitative estimate of drug-likeness (QED) is 0.643. The molecule has 1 aromatic rings. The van der Waals surface area contributed by atoms with Crippen LogP contribution in [0.2, 0.25) is 0 Å². The summed E-state index contributed by atoms with van der Waals surface area (Å²) in [5, 5.41) is 4.31. The molecule has 1 aliphatic carbocycles. The number of aryl methyl sites for hydroxylation is 2. The Balaban J connectivity index is 1.97. The van der Waals surface area contributed by atoms with E-state index in [1.54, 1.807) is 0 Å². The van der Waals surface area contributed by atoms with Gasteiger partial charge in [0.2, 0.25) is 0 Å². The lowest BCUT2D eigenvalue weighted by Crippen LogP contribution is -2.25. The lowest BCUT2D eigenvalue weighted by atomic mass is 9.88. The second-order valence-corrected chi connectivity index (χ2v) is 4.99. The first kappa shape index (κ1) is 12.1. The predicted octanol–water partition coefficient (Wildman–Crippen LogP) is 2.17. The van der Waals surface area contributed by atoms with Crippen molar-refractivity contribution >= 4 is 5.84 Å². The third-order valence-corrected chi connectivity index (χ3v) is 3.57. The summed E-state index contributed by atoms with van der Waals surface area (Å²) in [6.07, 6.45) is 8.39. The molecule has 94 valence electrons. The summed E-state index contributed by atoms with van der Waals surface area (Å²) >= 11 is 0. The summed E-state index contributed by atoms with van der Waals surface area (Å²) in [5.74, 6) is 1.36. The molecule has 0 unspecified atom stereocenters. The Kier molecular flexibility index (Phi) is 3.82. The smallest absolute Gasteiger partial charge is 0.0972 e. The van der Waals surface area contributed by atoms with Crippen molar-refractivity contribution in [2.75, 3.05) is 0 Å². The maximum atomic E-state index is 6.08. The molecule has 0 radical (unpaired) electrons. The first-order valence-electron chi connectivity index (χ1n) is 6.45. The molecule has 17 heavy (non-hydrogen) atoms. The molecular weight excluding hydrogens is 212 g/mol. The minimum absolute atomic E-state index is 0.515. The molecule has 1 heterocycles. The average molecular weight is 234 g/mol. The number of amidine groups is 1. The van der Waals surface area contributed by atoms with Gasteiger partial charge >= 0.3 is 0 Å². The van der Waals surface area contributed by atoms with Crippen molar-refractivity contribution in [2.45, 2.75) is 45.6 Å². The number of aliphatic imine (C=N–C) groups is 1. The minimum Gasteiger partial charge on any atom is -0.387 e. The molecule has 0 bridgehead atoms. The number of hydrogen-bond donors (Lipinski definition) is 1. The summed E-state index contributed by atoms with van der Waals surface area (Å²) in [6.45, 7) is 2.68. The SMILES string of the molecule is Cc1nn(C)cc1CN=C(N)C1CCCCC1. The van der Waals surface area contributed by atoms with Crippen molar-refractivity contribution in [1.29, 1.82) is 0 Å². The van der Waals surface area contributed by atoms with E-state index in [1.165, 1.54) is 37.7 Å². The Hall–Kier alpha value is -1.32. The topological polar surface area (TPSA) is 56.2 Å². The van der Waals surface area contributed by atoms with E-state index in [0.29, 0.717) is 12.5 Å². The highest BCUT2D eigenvalue weighted by Crippen LogP contribution is 2.23. The molecule has 2 N–H and O–H groups in total. The standard InChI is InChI=1S/C13H22N4/c1-10-12(9-17(2)16-10)8-15-13(14)11-6-4-3-5-7-11/h9,11H,3-8H2,1-2H3,(H2,14,15). The van der Waals surface area contributed by atoms with Gasteiger partial charge in [0.1, 0.15) is 0 Å². The monoisotopic (exact) mass is 234 g/mol. The summed E-state index contributed by atoms with van der Waals surface area (Å²) in [7, 11) is 1.94. The average Bonchev–Trinajstić information content (AvgIpc) is 2.66. The maximum absolute atomic E-state index is 6.08. The summed E-state index contributed by atoms with van der Waals surface area (Å²) in [5.41, 5.74) is 8.30. The van der Waals surface area contributed by atoms with Crippen molar-refractivity contribution in [1.82, 2.24) is 9.78 Å². The number of nitrogens with zero attached hydrogens (tertiary/aromatic N) is 3. The zero-order chi connectivity index (χ0) is 12.3. The second kappa shape index (κ2) is 5.34. The van der Waals surface area contributed by atoms with E-state index < -0.39 is 0 Å².